The van der Waals surface area contributed by atoms with Gasteiger partial charge in [0.05, 0.1) is 5.41 Å². The number of hydrogen-bond donors (Lipinski definition) is 2. The molecule has 126 valence electrons. The Hall–Kier alpha value is -1.26. The first-order chi connectivity index (χ1) is 10.7. The van der Waals surface area contributed by atoms with Crippen molar-refractivity contribution in [3.05, 3.63) is 35.4 Å². The lowest BCUT2D eigenvalue weighted by atomic mass is 10.1. The van der Waals surface area contributed by atoms with Crippen LogP contribution in [0, 0.1) is 5.41 Å². The smallest absolute Gasteiger partial charge is 0.251 e. The van der Waals surface area contributed by atoms with Crippen LogP contribution in [0.4, 0.5) is 0 Å². The van der Waals surface area contributed by atoms with Gasteiger partial charge in [-0.05, 0) is 44.4 Å². The summed E-state index contributed by atoms with van der Waals surface area (Å²) in [5.41, 5.74) is 0.805. The van der Waals surface area contributed by atoms with Gasteiger partial charge in [-0.15, -0.1) is 23.2 Å². The first-order valence-electron chi connectivity index (χ1n) is 7.75. The summed E-state index contributed by atoms with van der Waals surface area (Å²) in [5, 5.41) is 5.75. The molecule has 0 saturated heterocycles. The van der Waals surface area contributed by atoms with Gasteiger partial charge in [0.2, 0.25) is 5.91 Å². The van der Waals surface area contributed by atoms with Crippen molar-refractivity contribution in [2.75, 3.05) is 0 Å². The topological polar surface area (TPSA) is 58.2 Å². The second kappa shape index (κ2) is 6.70. The summed E-state index contributed by atoms with van der Waals surface area (Å²) in [6.07, 6.45) is 1.35. The van der Waals surface area contributed by atoms with E-state index in [1.165, 1.54) is 0 Å². The number of rotatable bonds is 6. The van der Waals surface area contributed by atoms with Gasteiger partial charge in [-0.1, -0.05) is 19.1 Å². The van der Waals surface area contributed by atoms with Crippen LogP contribution in [-0.2, 0) is 11.3 Å². The summed E-state index contributed by atoms with van der Waals surface area (Å²) in [4.78, 5) is 24.1. The van der Waals surface area contributed by atoms with Crippen LogP contribution < -0.4 is 10.6 Å². The molecule has 0 aliphatic heterocycles. The number of carbonyl (C=O) groups excluding carboxylic acids is 2. The highest BCUT2D eigenvalue weighted by atomic mass is 35.5. The summed E-state index contributed by atoms with van der Waals surface area (Å²) < 4.78 is -0.963. The third kappa shape index (κ3) is 3.99. The second-order valence-electron chi connectivity index (χ2n) is 6.38. The lowest BCUT2D eigenvalue weighted by Gasteiger charge is -2.13. The maximum absolute atomic E-state index is 12.1. The molecule has 0 aromatic heterocycles. The average molecular weight is 357 g/mol. The Morgan fingerprint density at radius 2 is 1.83 bits per heavy atom. The highest BCUT2D eigenvalue weighted by molar-refractivity contribution is 6.53. The van der Waals surface area contributed by atoms with E-state index in [1.807, 2.05) is 26.0 Å². The SMILES string of the molecule is CC[C@@H](C)NC(=O)c1ccc(CNC(=O)[C@]2(C)CC2(Cl)Cl)cc1. The predicted octanol–water partition coefficient (Wildman–Crippen LogP) is 3.42. The molecule has 2 amide bonds. The average Bonchev–Trinajstić information content (AvgIpc) is 3.04. The van der Waals surface area contributed by atoms with Crippen LogP contribution in [0.1, 0.15) is 49.5 Å². The van der Waals surface area contributed by atoms with Crippen LogP contribution in [0.2, 0.25) is 0 Å². The molecule has 23 heavy (non-hydrogen) atoms. The minimum Gasteiger partial charge on any atom is -0.351 e. The molecule has 2 rings (SSSR count). The predicted molar refractivity (Wildman–Crippen MR) is 92.7 cm³/mol. The quantitative estimate of drug-likeness (QED) is 0.767. The Balaban J connectivity index is 1.88. The molecule has 4 nitrogen and oxygen atoms in total. The van der Waals surface area contributed by atoms with Crippen LogP contribution in [0.3, 0.4) is 0 Å². The molecule has 2 atom stereocenters. The van der Waals surface area contributed by atoms with Gasteiger partial charge in [0, 0.05) is 18.2 Å². The van der Waals surface area contributed by atoms with Crippen molar-refractivity contribution >= 4 is 35.0 Å². The maximum Gasteiger partial charge on any atom is 0.251 e. The molecule has 1 fully saturated rings. The number of alkyl halides is 2. The minimum absolute atomic E-state index is 0.0884. The van der Waals surface area contributed by atoms with Gasteiger partial charge in [0.15, 0.2) is 0 Å². The first kappa shape index (κ1) is 18.1. The molecule has 1 aromatic rings. The molecule has 0 bridgehead atoms. The largest absolute Gasteiger partial charge is 0.351 e. The monoisotopic (exact) mass is 356 g/mol. The van der Waals surface area contributed by atoms with Gasteiger partial charge < -0.3 is 10.6 Å². The van der Waals surface area contributed by atoms with Gasteiger partial charge in [-0.25, -0.2) is 0 Å². The number of nitrogens with one attached hydrogen (secondary N) is 2. The van der Waals surface area contributed by atoms with Gasteiger partial charge in [0.25, 0.3) is 5.91 Å². The van der Waals surface area contributed by atoms with E-state index in [1.54, 1.807) is 19.1 Å². The Labute approximate surface area is 146 Å². The Morgan fingerprint density at radius 1 is 1.26 bits per heavy atom. The lowest BCUT2D eigenvalue weighted by Crippen LogP contribution is -2.33. The molecule has 1 aromatic carbocycles. The van der Waals surface area contributed by atoms with Crippen LogP contribution in [0.25, 0.3) is 0 Å². The molecular weight excluding hydrogens is 335 g/mol. The molecule has 6 heteroatoms. The van der Waals surface area contributed by atoms with E-state index < -0.39 is 9.75 Å². The number of benzene rings is 1. The zero-order valence-corrected chi connectivity index (χ0v) is 15.1. The molecule has 0 radical (unpaired) electrons. The molecular formula is C17H22Cl2N2O2. The molecule has 0 unspecified atom stereocenters. The van der Waals surface area contributed by atoms with Crippen molar-refractivity contribution in [3.8, 4) is 0 Å². The Bertz CT molecular complexity index is 601. The highest BCUT2D eigenvalue weighted by Crippen LogP contribution is 2.63. The molecule has 1 aliphatic carbocycles. The van der Waals surface area contributed by atoms with E-state index in [2.05, 4.69) is 10.6 Å². The van der Waals surface area contributed by atoms with E-state index in [0.29, 0.717) is 18.5 Å². The van der Waals surface area contributed by atoms with E-state index >= 15 is 0 Å². The second-order valence-corrected chi connectivity index (χ2v) is 7.86. The number of halogens is 2. The van der Waals surface area contributed by atoms with Crippen molar-refractivity contribution in [2.45, 2.75) is 50.5 Å². The third-order valence-electron chi connectivity index (χ3n) is 4.42. The Kier molecular flexibility index (Phi) is 5.27. The van der Waals surface area contributed by atoms with E-state index in [0.717, 1.165) is 12.0 Å². The van der Waals surface area contributed by atoms with Gasteiger partial charge in [0.1, 0.15) is 4.33 Å². The molecule has 0 spiro atoms. The van der Waals surface area contributed by atoms with Crippen LogP contribution in [0.15, 0.2) is 24.3 Å². The first-order valence-corrected chi connectivity index (χ1v) is 8.51. The zero-order chi connectivity index (χ0) is 17.3. The van der Waals surface area contributed by atoms with Gasteiger partial charge in [-0.2, -0.15) is 0 Å². The van der Waals surface area contributed by atoms with Crippen molar-refractivity contribution in [1.29, 1.82) is 0 Å². The molecule has 1 saturated carbocycles. The van der Waals surface area contributed by atoms with Crippen molar-refractivity contribution in [3.63, 3.8) is 0 Å². The van der Waals surface area contributed by atoms with Gasteiger partial charge in [-0.3, -0.25) is 9.59 Å². The summed E-state index contributed by atoms with van der Waals surface area (Å²) in [6.45, 7) is 6.12. The summed E-state index contributed by atoms with van der Waals surface area (Å²) in [7, 11) is 0. The third-order valence-corrected chi connectivity index (χ3v) is 5.52. The van der Waals surface area contributed by atoms with E-state index in [9.17, 15) is 9.59 Å². The molecule has 0 heterocycles. The van der Waals surface area contributed by atoms with E-state index in [-0.39, 0.29) is 17.9 Å². The number of hydrogen-bond acceptors (Lipinski definition) is 2. The van der Waals surface area contributed by atoms with Crippen molar-refractivity contribution < 1.29 is 9.59 Å². The Morgan fingerprint density at radius 3 is 2.30 bits per heavy atom. The summed E-state index contributed by atoms with van der Waals surface area (Å²) in [6, 6.07) is 7.31. The summed E-state index contributed by atoms with van der Waals surface area (Å²) >= 11 is 12.0. The zero-order valence-electron chi connectivity index (χ0n) is 13.6. The van der Waals surface area contributed by atoms with Crippen molar-refractivity contribution in [2.24, 2.45) is 5.41 Å². The lowest BCUT2D eigenvalue weighted by molar-refractivity contribution is -0.125. The molecule has 1 aliphatic rings. The fourth-order valence-corrected chi connectivity index (χ4v) is 2.91. The van der Waals surface area contributed by atoms with E-state index in [4.69, 9.17) is 23.2 Å². The van der Waals surface area contributed by atoms with Gasteiger partial charge >= 0.3 is 0 Å². The number of carbonyl (C=O) groups is 2. The van der Waals surface area contributed by atoms with Crippen LogP contribution >= 0.6 is 23.2 Å². The fraction of sp³-hybridized carbons (Fsp3) is 0.529. The molecule has 2 N–H and O–H groups in total. The normalized spacial score (nSPS) is 23.0. The van der Waals surface area contributed by atoms with Crippen molar-refractivity contribution in [1.82, 2.24) is 10.6 Å². The van der Waals surface area contributed by atoms with Crippen LogP contribution in [-0.4, -0.2) is 22.2 Å². The minimum atomic E-state index is -0.963. The van der Waals surface area contributed by atoms with Crippen LogP contribution in [0.5, 0.6) is 0 Å². The maximum atomic E-state index is 12.1. The highest BCUT2D eigenvalue weighted by Gasteiger charge is 2.67. The standard InChI is InChI=1S/C17H22Cl2N2O2/c1-4-11(2)21-14(22)13-7-5-12(6-8-13)9-20-15(23)16(3)10-17(16,18)19/h5-8,11H,4,9-10H2,1-3H3,(H,20,23)(H,21,22)/t11-,16+/m1/s1. The fourth-order valence-electron chi connectivity index (χ4n) is 2.21. The summed E-state index contributed by atoms with van der Waals surface area (Å²) in [5.74, 6) is -0.240. The number of amides is 2.